The highest BCUT2D eigenvalue weighted by Gasteiger charge is 2.22. The van der Waals surface area contributed by atoms with Crippen LogP contribution in [-0.4, -0.2) is 44.3 Å². The van der Waals surface area contributed by atoms with Gasteiger partial charge in [-0.05, 0) is 47.7 Å². The fourth-order valence-corrected chi connectivity index (χ4v) is 3.44. The minimum atomic E-state index is -3.12. The molecule has 0 saturated carbocycles. The molecule has 0 heterocycles. The first-order valence-electron chi connectivity index (χ1n) is 5.51. The van der Waals surface area contributed by atoms with Gasteiger partial charge in [-0.15, -0.1) is 0 Å². The van der Waals surface area contributed by atoms with Crippen LogP contribution in [0.15, 0.2) is 18.2 Å². The molecule has 0 saturated heterocycles. The quantitative estimate of drug-likeness (QED) is 0.710. The van der Waals surface area contributed by atoms with Crippen LogP contribution in [0.1, 0.15) is 17.3 Å². The van der Waals surface area contributed by atoms with Gasteiger partial charge in [-0.3, -0.25) is 4.79 Å². The summed E-state index contributed by atoms with van der Waals surface area (Å²) < 4.78 is 23.3. The van der Waals surface area contributed by atoms with Crippen LogP contribution in [-0.2, 0) is 9.84 Å². The Kier molecular flexibility index (Phi) is 5.64. The lowest BCUT2D eigenvalue weighted by atomic mass is 10.2. The van der Waals surface area contributed by atoms with Crippen molar-refractivity contribution < 1.29 is 13.2 Å². The van der Waals surface area contributed by atoms with Gasteiger partial charge in [0.25, 0.3) is 5.91 Å². The van der Waals surface area contributed by atoms with E-state index in [-0.39, 0.29) is 11.7 Å². The van der Waals surface area contributed by atoms with Crippen LogP contribution < -0.4 is 0 Å². The molecule has 0 unspecified atom stereocenters. The van der Waals surface area contributed by atoms with Crippen LogP contribution >= 0.6 is 34.2 Å². The molecule has 19 heavy (non-hydrogen) atoms. The van der Waals surface area contributed by atoms with Gasteiger partial charge in [-0.25, -0.2) is 8.42 Å². The largest absolute Gasteiger partial charge is 0.338 e. The summed E-state index contributed by atoms with van der Waals surface area (Å²) in [6.45, 7) is 1.70. The summed E-state index contributed by atoms with van der Waals surface area (Å²) in [5.41, 5.74) is 0.482. The van der Waals surface area contributed by atoms with Crippen molar-refractivity contribution in [1.29, 1.82) is 0 Å². The molecule has 0 spiro atoms. The Labute approximate surface area is 132 Å². The van der Waals surface area contributed by atoms with Crippen molar-refractivity contribution in [2.45, 2.75) is 13.0 Å². The topological polar surface area (TPSA) is 54.5 Å². The molecule has 0 N–H and O–H groups in total. The van der Waals surface area contributed by atoms with E-state index in [1.807, 2.05) is 0 Å². The summed E-state index contributed by atoms with van der Waals surface area (Å²) in [6.07, 6.45) is 1.16. The molecule has 0 aliphatic carbocycles. The van der Waals surface area contributed by atoms with Gasteiger partial charge in [-0.1, -0.05) is 11.6 Å². The van der Waals surface area contributed by atoms with Crippen LogP contribution in [0.2, 0.25) is 5.02 Å². The van der Waals surface area contributed by atoms with Gasteiger partial charge < -0.3 is 4.90 Å². The third-order valence-electron chi connectivity index (χ3n) is 2.68. The lowest BCUT2D eigenvalue weighted by Crippen LogP contribution is -2.39. The molecule has 1 aromatic carbocycles. The van der Waals surface area contributed by atoms with Gasteiger partial charge in [0.05, 0.1) is 11.3 Å². The summed E-state index contributed by atoms with van der Waals surface area (Å²) in [6, 6.07) is 4.66. The summed E-state index contributed by atoms with van der Waals surface area (Å²) >= 11 is 7.93. The predicted octanol–water partition coefficient (Wildman–Crippen LogP) is 2.45. The molecule has 1 aromatic rings. The molecule has 4 nitrogen and oxygen atoms in total. The molecule has 1 amide bonds. The smallest absolute Gasteiger partial charge is 0.254 e. The number of hydrogen-bond donors (Lipinski definition) is 0. The number of halogens is 2. The fraction of sp³-hybridized carbons (Fsp3) is 0.417. The molecule has 0 aliphatic heterocycles. The predicted molar refractivity (Wildman–Crippen MR) is 85.4 cm³/mol. The standard InChI is InChI=1S/C12H15ClINO3S/c1-8(7-19(3,17)18)15(2)12(16)10-6-9(13)4-5-11(10)14/h4-6,8H,7H2,1-3H3/t8-/m1/s1. The molecular weight excluding hydrogens is 401 g/mol. The van der Waals surface area contributed by atoms with E-state index < -0.39 is 15.9 Å². The monoisotopic (exact) mass is 415 g/mol. The second-order valence-corrected chi connectivity index (χ2v) is 8.27. The number of nitrogens with zero attached hydrogens (tertiary/aromatic N) is 1. The van der Waals surface area contributed by atoms with Gasteiger partial charge in [0, 0.05) is 27.9 Å². The molecule has 1 atom stereocenters. The molecule has 0 fully saturated rings. The van der Waals surface area contributed by atoms with Crippen LogP contribution in [0.4, 0.5) is 0 Å². The van der Waals surface area contributed by atoms with Gasteiger partial charge in [0.1, 0.15) is 9.84 Å². The van der Waals surface area contributed by atoms with Crippen molar-refractivity contribution in [3.63, 3.8) is 0 Å². The molecule has 0 radical (unpaired) electrons. The van der Waals surface area contributed by atoms with E-state index in [0.717, 1.165) is 9.83 Å². The van der Waals surface area contributed by atoms with Crippen molar-refractivity contribution in [3.8, 4) is 0 Å². The van der Waals surface area contributed by atoms with Gasteiger partial charge in [0.15, 0.2) is 0 Å². The van der Waals surface area contributed by atoms with Crippen molar-refractivity contribution in [2.75, 3.05) is 19.1 Å². The highest BCUT2D eigenvalue weighted by atomic mass is 127. The SMILES string of the molecule is C[C@H](CS(C)(=O)=O)N(C)C(=O)c1cc(Cl)ccc1I. The van der Waals surface area contributed by atoms with E-state index in [1.54, 1.807) is 32.2 Å². The highest BCUT2D eigenvalue weighted by molar-refractivity contribution is 14.1. The lowest BCUT2D eigenvalue weighted by Gasteiger charge is -2.24. The summed E-state index contributed by atoms with van der Waals surface area (Å²) in [4.78, 5) is 13.7. The Balaban J connectivity index is 2.96. The second-order valence-electron chi connectivity index (χ2n) is 4.48. The first-order valence-corrected chi connectivity index (χ1v) is 9.03. The third kappa shape index (κ3) is 4.92. The third-order valence-corrected chi connectivity index (χ3v) is 4.95. The number of hydrogen-bond acceptors (Lipinski definition) is 3. The number of rotatable bonds is 4. The second kappa shape index (κ2) is 6.41. The number of carbonyl (C=O) groups excluding carboxylic acids is 1. The molecular formula is C12H15ClINO3S. The van der Waals surface area contributed by atoms with Gasteiger partial charge in [-0.2, -0.15) is 0 Å². The summed E-state index contributed by atoms with van der Waals surface area (Å²) in [5, 5.41) is 0.480. The Bertz CT molecular complexity index is 589. The normalized spacial score (nSPS) is 13.1. The minimum Gasteiger partial charge on any atom is -0.338 e. The van der Waals surface area contributed by atoms with E-state index in [1.165, 1.54) is 4.90 Å². The zero-order chi connectivity index (χ0) is 14.8. The maximum Gasteiger partial charge on any atom is 0.254 e. The maximum atomic E-state index is 12.3. The average molecular weight is 416 g/mol. The first-order chi connectivity index (χ1) is 8.61. The maximum absolute atomic E-state index is 12.3. The van der Waals surface area contributed by atoms with Crippen LogP contribution in [0.25, 0.3) is 0 Å². The fourth-order valence-electron chi connectivity index (χ4n) is 1.60. The Morgan fingerprint density at radius 2 is 2.05 bits per heavy atom. The van der Waals surface area contributed by atoms with Crippen molar-refractivity contribution >= 4 is 49.9 Å². The van der Waals surface area contributed by atoms with E-state index in [0.29, 0.717) is 10.6 Å². The number of carbonyl (C=O) groups is 1. The van der Waals surface area contributed by atoms with Crippen molar-refractivity contribution in [3.05, 3.63) is 32.4 Å². The molecule has 0 bridgehead atoms. The first kappa shape index (κ1) is 16.7. The number of amides is 1. The van der Waals surface area contributed by atoms with Crippen molar-refractivity contribution in [1.82, 2.24) is 4.90 Å². The van der Waals surface area contributed by atoms with Gasteiger partial charge >= 0.3 is 0 Å². The Morgan fingerprint density at radius 1 is 1.47 bits per heavy atom. The zero-order valence-electron chi connectivity index (χ0n) is 10.9. The zero-order valence-corrected chi connectivity index (χ0v) is 14.6. The molecule has 106 valence electrons. The molecule has 0 aliphatic rings. The van der Waals surface area contributed by atoms with E-state index in [9.17, 15) is 13.2 Å². The molecule has 7 heteroatoms. The lowest BCUT2D eigenvalue weighted by molar-refractivity contribution is 0.0756. The number of sulfone groups is 1. The van der Waals surface area contributed by atoms with Crippen molar-refractivity contribution in [2.24, 2.45) is 0 Å². The average Bonchev–Trinajstić information content (AvgIpc) is 2.28. The van der Waals surface area contributed by atoms with Crippen LogP contribution in [0, 0.1) is 3.57 Å². The van der Waals surface area contributed by atoms with Gasteiger partial charge in [0.2, 0.25) is 0 Å². The molecule has 0 aromatic heterocycles. The summed E-state index contributed by atoms with van der Waals surface area (Å²) in [7, 11) is -1.53. The highest BCUT2D eigenvalue weighted by Crippen LogP contribution is 2.20. The number of benzene rings is 1. The van der Waals surface area contributed by atoms with E-state index >= 15 is 0 Å². The Morgan fingerprint density at radius 3 is 2.58 bits per heavy atom. The van der Waals surface area contributed by atoms with Crippen LogP contribution in [0.5, 0.6) is 0 Å². The minimum absolute atomic E-state index is 0.0631. The van der Waals surface area contributed by atoms with E-state index in [2.05, 4.69) is 22.6 Å². The van der Waals surface area contributed by atoms with Crippen LogP contribution in [0.3, 0.4) is 0 Å². The Hall–Kier alpha value is -0.340. The van der Waals surface area contributed by atoms with E-state index in [4.69, 9.17) is 11.6 Å². The summed E-state index contributed by atoms with van der Waals surface area (Å²) in [5.74, 6) is -0.296. The molecule has 1 rings (SSSR count).